The second-order valence-electron chi connectivity index (χ2n) is 1.62. The Kier molecular flexibility index (Phi) is 1.91. The molecule has 1 heterocycles. The number of nitrogens with zero attached hydrogens (tertiary/aromatic N) is 3. The molecule has 0 aromatic carbocycles. The first-order valence-corrected chi connectivity index (χ1v) is 2.62. The highest BCUT2D eigenvalue weighted by atomic mass is 19.3. The Labute approximate surface area is 55.7 Å². The molecule has 6 heteroatoms. The number of aromatic nitrogens is 3. The van der Waals surface area contributed by atoms with Crippen molar-refractivity contribution in [1.29, 1.82) is 0 Å². The smallest absolute Gasteiger partial charge is 0.324 e. The van der Waals surface area contributed by atoms with Gasteiger partial charge in [0.15, 0.2) is 5.82 Å². The predicted molar refractivity (Wildman–Crippen MR) is 29.2 cm³/mol. The summed E-state index contributed by atoms with van der Waals surface area (Å²) in [5.41, 5.74) is 5.08. The normalized spacial score (nSPS) is 10.8. The molecule has 0 amide bonds. The van der Waals surface area contributed by atoms with E-state index in [9.17, 15) is 8.78 Å². The molecule has 0 spiro atoms. The first-order valence-electron chi connectivity index (χ1n) is 2.62. The molecule has 1 aromatic rings. The highest BCUT2D eigenvalue weighted by Gasteiger charge is 2.06. The Morgan fingerprint density at radius 1 is 1.70 bits per heavy atom. The number of halogens is 2. The molecule has 56 valence electrons. The summed E-state index contributed by atoms with van der Waals surface area (Å²) in [5.74, 6) is 0.223. The first kappa shape index (κ1) is 7.07. The Morgan fingerprint density at radius 2 is 2.40 bits per heavy atom. The molecule has 0 radical (unpaired) electrons. The van der Waals surface area contributed by atoms with Crippen molar-refractivity contribution in [3.05, 3.63) is 12.2 Å². The maximum absolute atomic E-state index is 11.7. The minimum absolute atomic E-state index is 0.0831. The summed E-state index contributed by atoms with van der Waals surface area (Å²) in [6, 6.07) is 0. The predicted octanol–water partition coefficient (Wildman–Crippen LogP) is 0.132. The Bertz CT molecular complexity index is 209. The van der Waals surface area contributed by atoms with E-state index < -0.39 is 6.55 Å². The zero-order valence-electron chi connectivity index (χ0n) is 5.04. The van der Waals surface area contributed by atoms with E-state index in [4.69, 9.17) is 5.73 Å². The van der Waals surface area contributed by atoms with E-state index >= 15 is 0 Å². The summed E-state index contributed by atoms with van der Waals surface area (Å²) in [7, 11) is 0. The lowest BCUT2D eigenvalue weighted by Crippen LogP contribution is -2.02. The van der Waals surface area contributed by atoms with E-state index in [0.29, 0.717) is 4.68 Å². The van der Waals surface area contributed by atoms with E-state index in [1.807, 2.05) is 0 Å². The topological polar surface area (TPSA) is 56.7 Å². The molecule has 0 bridgehead atoms. The summed E-state index contributed by atoms with van der Waals surface area (Å²) >= 11 is 0. The molecule has 0 fully saturated rings. The van der Waals surface area contributed by atoms with Crippen LogP contribution in [-0.2, 0) is 6.54 Å². The summed E-state index contributed by atoms with van der Waals surface area (Å²) in [4.78, 5) is 3.50. The average molecular weight is 148 g/mol. The number of alkyl halides is 2. The molecule has 0 aliphatic heterocycles. The molecule has 0 aliphatic carbocycles. The van der Waals surface area contributed by atoms with Crippen molar-refractivity contribution in [3.8, 4) is 0 Å². The third-order valence-electron chi connectivity index (χ3n) is 0.939. The van der Waals surface area contributed by atoms with Gasteiger partial charge in [-0.05, 0) is 0 Å². The highest BCUT2D eigenvalue weighted by Crippen LogP contribution is 2.05. The molecule has 4 nitrogen and oxygen atoms in total. The first-order chi connectivity index (χ1) is 4.74. The van der Waals surface area contributed by atoms with E-state index in [0.717, 1.165) is 6.33 Å². The SMILES string of the molecule is NCc1ncn(C(F)F)n1. The second-order valence-corrected chi connectivity index (χ2v) is 1.62. The van der Waals surface area contributed by atoms with E-state index in [-0.39, 0.29) is 12.4 Å². The van der Waals surface area contributed by atoms with Gasteiger partial charge in [0.25, 0.3) is 0 Å². The molecule has 0 atom stereocenters. The average Bonchev–Trinajstić information content (AvgIpc) is 2.34. The quantitative estimate of drug-likeness (QED) is 0.648. The van der Waals surface area contributed by atoms with Crippen molar-refractivity contribution in [2.75, 3.05) is 0 Å². The molecule has 2 N–H and O–H groups in total. The van der Waals surface area contributed by atoms with Gasteiger partial charge in [-0.1, -0.05) is 0 Å². The zero-order chi connectivity index (χ0) is 7.56. The van der Waals surface area contributed by atoms with Crippen LogP contribution in [-0.4, -0.2) is 14.8 Å². The van der Waals surface area contributed by atoms with E-state index in [1.54, 1.807) is 0 Å². The fourth-order valence-corrected chi connectivity index (χ4v) is 0.498. The van der Waals surface area contributed by atoms with Crippen LogP contribution in [0, 0.1) is 0 Å². The second kappa shape index (κ2) is 2.70. The van der Waals surface area contributed by atoms with Crippen molar-refractivity contribution < 1.29 is 8.78 Å². The lowest BCUT2D eigenvalue weighted by atomic mass is 10.6. The van der Waals surface area contributed by atoms with Crippen LogP contribution in [0.1, 0.15) is 12.4 Å². The summed E-state index contributed by atoms with van der Waals surface area (Å²) in [6.07, 6.45) is 0.951. The fraction of sp³-hybridized carbons (Fsp3) is 0.500. The minimum Gasteiger partial charge on any atom is -0.324 e. The van der Waals surface area contributed by atoms with Gasteiger partial charge in [0, 0.05) is 0 Å². The number of hydrogen-bond acceptors (Lipinski definition) is 3. The Morgan fingerprint density at radius 3 is 2.70 bits per heavy atom. The third-order valence-corrected chi connectivity index (χ3v) is 0.939. The van der Waals surface area contributed by atoms with Crippen molar-refractivity contribution >= 4 is 0 Å². The number of nitrogens with two attached hydrogens (primary N) is 1. The van der Waals surface area contributed by atoms with Crippen LogP contribution in [0.3, 0.4) is 0 Å². The van der Waals surface area contributed by atoms with Crippen LogP contribution in [0.25, 0.3) is 0 Å². The van der Waals surface area contributed by atoms with Gasteiger partial charge >= 0.3 is 6.55 Å². The van der Waals surface area contributed by atoms with Crippen LogP contribution in [0.4, 0.5) is 8.78 Å². The van der Waals surface area contributed by atoms with Crippen molar-refractivity contribution in [2.45, 2.75) is 13.1 Å². The monoisotopic (exact) mass is 148 g/mol. The van der Waals surface area contributed by atoms with Crippen molar-refractivity contribution in [2.24, 2.45) is 5.73 Å². The van der Waals surface area contributed by atoms with Crippen LogP contribution in [0.15, 0.2) is 6.33 Å². The van der Waals surface area contributed by atoms with Gasteiger partial charge in [0.2, 0.25) is 0 Å². The largest absolute Gasteiger partial charge is 0.334 e. The third kappa shape index (κ3) is 1.27. The van der Waals surface area contributed by atoms with Crippen molar-refractivity contribution in [3.63, 3.8) is 0 Å². The molecule has 10 heavy (non-hydrogen) atoms. The zero-order valence-corrected chi connectivity index (χ0v) is 5.04. The van der Waals surface area contributed by atoms with Crippen LogP contribution >= 0.6 is 0 Å². The minimum atomic E-state index is -2.63. The lowest BCUT2D eigenvalue weighted by Gasteiger charge is -1.93. The van der Waals surface area contributed by atoms with Gasteiger partial charge in [0.05, 0.1) is 6.54 Å². The van der Waals surface area contributed by atoms with Crippen LogP contribution in [0.2, 0.25) is 0 Å². The molecule has 0 unspecified atom stereocenters. The standard InChI is InChI=1S/C4H6F2N4/c5-4(6)10-2-8-3(1-7)9-10/h2,4H,1,7H2. The van der Waals surface area contributed by atoms with E-state index in [2.05, 4.69) is 10.1 Å². The van der Waals surface area contributed by atoms with Crippen LogP contribution < -0.4 is 5.73 Å². The fourth-order valence-electron chi connectivity index (χ4n) is 0.498. The van der Waals surface area contributed by atoms with Gasteiger partial charge in [0.1, 0.15) is 6.33 Å². The molecular formula is C4H6F2N4. The molecule has 1 aromatic heterocycles. The van der Waals surface area contributed by atoms with Gasteiger partial charge in [-0.2, -0.15) is 13.5 Å². The summed E-state index contributed by atoms with van der Waals surface area (Å²) < 4.78 is 23.9. The number of hydrogen-bond donors (Lipinski definition) is 1. The van der Waals surface area contributed by atoms with Gasteiger partial charge in [-0.15, -0.1) is 5.10 Å². The molecule has 1 rings (SSSR count). The lowest BCUT2D eigenvalue weighted by molar-refractivity contribution is 0.0559. The Balaban J connectivity index is 2.78. The molecule has 0 saturated carbocycles. The Hall–Kier alpha value is -1.04. The highest BCUT2D eigenvalue weighted by molar-refractivity contribution is 4.78. The maximum Gasteiger partial charge on any atom is 0.334 e. The molecular weight excluding hydrogens is 142 g/mol. The van der Waals surface area contributed by atoms with Gasteiger partial charge in [-0.3, -0.25) is 0 Å². The van der Waals surface area contributed by atoms with Crippen LogP contribution in [0.5, 0.6) is 0 Å². The van der Waals surface area contributed by atoms with Gasteiger partial charge < -0.3 is 5.73 Å². The summed E-state index contributed by atoms with van der Waals surface area (Å²) in [5, 5.41) is 3.36. The van der Waals surface area contributed by atoms with E-state index in [1.165, 1.54) is 0 Å². The molecule has 0 aliphatic rings. The van der Waals surface area contributed by atoms with Crippen molar-refractivity contribution in [1.82, 2.24) is 14.8 Å². The summed E-state index contributed by atoms with van der Waals surface area (Å²) in [6.45, 7) is -2.55. The maximum atomic E-state index is 11.7. The van der Waals surface area contributed by atoms with Gasteiger partial charge in [-0.25, -0.2) is 4.98 Å². The number of rotatable bonds is 2. The molecule has 0 saturated heterocycles.